The lowest BCUT2D eigenvalue weighted by Crippen LogP contribution is -2.37. The van der Waals surface area contributed by atoms with Crippen LogP contribution in [0.4, 0.5) is 0 Å². The summed E-state index contributed by atoms with van der Waals surface area (Å²) in [5.74, 6) is 0.418. The van der Waals surface area contributed by atoms with Crippen LogP contribution in [0.25, 0.3) is 0 Å². The standard InChI is InChI=1S/C13H17BrN2O2S/c1-8(6-12(15)19)16(2)13(17)10-5-4-9(14)7-11(10)18-3/h4-5,7-8H,6H2,1-3H3,(H2,15,19). The van der Waals surface area contributed by atoms with Crippen LogP contribution in [-0.4, -0.2) is 36.0 Å². The summed E-state index contributed by atoms with van der Waals surface area (Å²) in [4.78, 5) is 14.4. The second-order valence-electron chi connectivity index (χ2n) is 4.28. The van der Waals surface area contributed by atoms with Crippen molar-refractivity contribution in [2.24, 2.45) is 5.73 Å². The van der Waals surface area contributed by atoms with E-state index in [0.29, 0.717) is 22.7 Å². The quantitative estimate of drug-likeness (QED) is 0.834. The number of carbonyl (C=O) groups excluding carboxylic acids is 1. The first-order valence-corrected chi connectivity index (χ1v) is 6.96. The number of amides is 1. The first kappa shape index (κ1) is 15.9. The summed E-state index contributed by atoms with van der Waals surface area (Å²) >= 11 is 8.22. The summed E-state index contributed by atoms with van der Waals surface area (Å²) in [6, 6.07) is 5.24. The van der Waals surface area contributed by atoms with Gasteiger partial charge in [-0.3, -0.25) is 4.79 Å². The van der Waals surface area contributed by atoms with E-state index < -0.39 is 0 Å². The molecule has 1 unspecified atom stereocenters. The topological polar surface area (TPSA) is 55.6 Å². The van der Waals surface area contributed by atoms with Gasteiger partial charge in [-0.1, -0.05) is 28.1 Å². The molecule has 104 valence electrons. The SMILES string of the molecule is COc1cc(Br)ccc1C(=O)N(C)C(C)CC(N)=S. The van der Waals surface area contributed by atoms with Gasteiger partial charge < -0.3 is 15.4 Å². The molecule has 19 heavy (non-hydrogen) atoms. The van der Waals surface area contributed by atoms with E-state index in [1.807, 2.05) is 13.0 Å². The highest BCUT2D eigenvalue weighted by Gasteiger charge is 2.21. The molecule has 6 heteroatoms. The fraction of sp³-hybridized carbons (Fsp3) is 0.385. The third kappa shape index (κ3) is 4.18. The summed E-state index contributed by atoms with van der Waals surface area (Å²) in [6.07, 6.45) is 0.496. The molecular formula is C13H17BrN2O2S. The highest BCUT2D eigenvalue weighted by molar-refractivity contribution is 9.10. The Morgan fingerprint density at radius 3 is 2.74 bits per heavy atom. The van der Waals surface area contributed by atoms with Gasteiger partial charge in [-0.05, 0) is 25.1 Å². The molecule has 0 heterocycles. The predicted octanol–water partition coefficient (Wildman–Crippen LogP) is 2.59. The number of nitrogens with zero attached hydrogens (tertiary/aromatic N) is 1. The van der Waals surface area contributed by atoms with Crippen LogP contribution < -0.4 is 10.5 Å². The van der Waals surface area contributed by atoms with Crippen molar-refractivity contribution in [3.05, 3.63) is 28.2 Å². The molecule has 1 amide bonds. The normalized spacial score (nSPS) is 11.8. The van der Waals surface area contributed by atoms with Gasteiger partial charge in [0.05, 0.1) is 17.7 Å². The first-order chi connectivity index (χ1) is 8.86. The number of rotatable bonds is 5. The van der Waals surface area contributed by atoms with Crippen LogP contribution in [0.1, 0.15) is 23.7 Å². The lowest BCUT2D eigenvalue weighted by molar-refractivity contribution is 0.0744. The smallest absolute Gasteiger partial charge is 0.257 e. The molecule has 0 bridgehead atoms. The average molecular weight is 345 g/mol. The van der Waals surface area contributed by atoms with Crippen molar-refractivity contribution in [1.29, 1.82) is 0 Å². The molecule has 1 aromatic carbocycles. The number of carbonyl (C=O) groups is 1. The largest absolute Gasteiger partial charge is 0.496 e. The van der Waals surface area contributed by atoms with Crippen LogP contribution in [0.3, 0.4) is 0 Å². The zero-order valence-electron chi connectivity index (χ0n) is 11.1. The number of hydrogen-bond acceptors (Lipinski definition) is 3. The number of thiocarbonyl (C=S) groups is 1. The van der Waals surface area contributed by atoms with Gasteiger partial charge in [0.1, 0.15) is 5.75 Å². The molecule has 0 saturated carbocycles. The second kappa shape index (κ2) is 6.86. The summed E-state index contributed by atoms with van der Waals surface area (Å²) in [7, 11) is 3.27. The third-order valence-electron chi connectivity index (χ3n) is 2.87. The van der Waals surface area contributed by atoms with Gasteiger partial charge in [-0.15, -0.1) is 0 Å². The van der Waals surface area contributed by atoms with Gasteiger partial charge in [0.15, 0.2) is 0 Å². The van der Waals surface area contributed by atoms with Gasteiger partial charge in [0, 0.05) is 24.0 Å². The monoisotopic (exact) mass is 344 g/mol. The Labute approximate surface area is 127 Å². The Kier molecular flexibility index (Phi) is 5.75. The summed E-state index contributed by atoms with van der Waals surface area (Å²) < 4.78 is 6.09. The van der Waals surface area contributed by atoms with E-state index in [4.69, 9.17) is 22.7 Å². The minimum atomic E-state index is -0.117. The van der Waals surface area contributed by atoms with Gasteiger partial charge >= 0.3 is 0 Å². The molecule has 0 aliphatic heterocycles. The third-order valence-corrected chi connectivity index (χ3v) is 3.53. The van der Waals surface area contributed by atoms with Crippen molar-refractivity contribution in [3.8, 4) is 5.75 Å². The van der Waals surface area contributed by atoms with Crippen molar-refractivity contribution < 1.29 is 9.53 Å². The van der Waals surface area contributed by atoms with E-state index in [9.17, 15) is 4.79 Å². The molecule has 0 aromatic heterocycles. The zero-order chi connectivity index (χ0) is 14.6. The molecule has 0 spiro atoms. The van der Waals surface area contributed by atoms with E-state index in [-0.39, 0.29) is 11.9 Å². The van der Waals surface area contributed by atoms with Crippen molar-refractivity contribution >= 4 is 39.0 Å². The molecule has 1 aromatic rings. The van der Waals surface area contributed by atoms with E-state index in [1.165, 1.54) is 7.11 Å². The molecule has 1 atom stereocenters. The van der Waals surface area contributed by atoms with Crippen LogP contribution in [0.15, 0.2) is 22.7 Å². The highest BCUT2D eigenvalue weighted by Crippen LogP contribution is 2.25. The Morgan fingerprint density at radius 2 is 2.21 bits per heavy atom. The minimum absolute atomic E-state index is 0.0571. The van der Waals surface area contributed by atoms with Crippen LogP contribution in [0.2, 0.25) is 0 Å². The second-order valence-corrected chi connectivity index (χ2v) is 5.72. The van der Waals surface area contributed by atoms with Gasteiger partial charge in [0.2, 0.25) is 0 Å². The first-order valence-electron chi connectivity index (χ1n) is 5.75. The van der Waals surface area contributed by atoms with Crippen LogP contribution in [-0.2, 0) is 0 Å². The zero-order valence-corrected chi connectivity index (χ0v) is 13.5. The molecule has 0 saturated heterocycles. The maximum absolute atomic E-state index is 12.4. The van der Waals surface area contributed by atoms with Crippen LogP contribution >= 0.6 is 28.1 Å². The Balaban J connectivity index is 2.96. The maximum Gasteiger partial charge on any atom is 0.257 e. The van der Waals surface area contributed by atoms with E-state index >= 15 is 0 Å². The number of ether oxygens (including phenoxy) is 1. The van der Waals surface area contributed by atoms with Gasteiger partial charge in [-0.25, -0.2) is 0 Å². The molecular weight excluding hydrogens is 328 g/mol. The molecule has 1 rings (SSSR count). The fourth-order valence-electron chi connectivity index (χ4n) is 1.66. The van der Waals surface area contributed by atoms with Gasteiger partial charge in [-0.2, -0.15) is 0 Å². The van der Waals surface area contributed by atoms with Crippen molar-refractivity contribution in [1.82, 2.24) is 4.90 Å². The molecule has 0 fully saturated rings. The number of hydrogen-bond donors (Lipinski definition) is 1. The number of benzene rings is 1. The van der Waals surface area contributed by atoms with Gasteiger partial charge in [0.25, 0.3) is 5.91 Å². The highest BCUT2D eigenvalue weighted by atomic mass is 79.9. The minimum Gasteiger partial charge on any atom is -0.496 e. The summed E-state index contributed by atoms with van der Waals surface area (Å²) in [5, 5.41) is 0. The van der Waals surface area contributed by atoms with E-state index in [0.717, 1.165) is 4.47 Å². The summed E-state index contributed by atoms with van der Waals surface area (Å²) in [5.41, 5.74) is 6.03. The Hall–Kier alpha value is -1.14. The molecule has 2 N–H and O–H groups in total. The van der Waals surface area contributed by atoms with Crippen molar-refractivity contribution in [2.45, 2.75) is 19.4 Å². The fourth-order valence-corrected chi connectivity index (χ4v) is 2.24. The lowest BCUT2D eigenvalue weighted by Gasteiger charge is -2.25. The van der Waals surface area contributed by atoms with Crippen LogP contribution in [0.5, 0.6) is 5.75 Å². The lowest BCUT2D eigenvalue weighted by atomic mass is 10.1. The molecule has 0 radical (unpaired) electrons. The maximum atomic E-state index is 12.4. The summed E-state index contributed by atoms with van der Waals surface area (Å²) in [6.45, 7) is 1.91. The Morgan fingerprint density at radius 1 is 1.58 bits per heavy atom. The number of nitrogens with two attached hydrogens (primary N) is 1. The van der Waals surface area contributed by atoms with Crippen LogP contribution in [0, 0.1) is 0 Å². The Bertz CT molecular complexity index is 494. The average Bonchev–Trinajstić information content (AvgIpc) is 2.36. The predicted molar refractivity (Wildman–Crippen MR) is 83.7 cm³/mol. The van der Waals surface area contributed by atoms with Crippen molar-refractivity contribution in [2.75, 3.05) is 14.2 Å². The molecule has 0 aliphatic rings. The van der Waals surface area contributed by atoms with E-state index in [2.05, 4.69) is 15.9 Å². The van der Waals surface area contributed by atoms with Crippen molar-refractivity contribution in [3.63, 3.8) is 0 Å². The van der Waals surface area contributed by atoms with E-state index in [1.54, 1.807) is 24.1 Å². The number of halogens is 1. The molecule has 0 aliphatic carbocycles. The number of methoxy groups -OCH3 is 1. The molecule has 4 nitrogen and oxygen atoms in total.